The second-order valence-electron chi connectivity index (χ2n) is 5.52. The Morgan fingerprint density at radius 1 is 1.29 bits per heavy atom. The summed E-state index contributed by atoms with van der Waals surface area (Å²) in [4.78, 5) is 4.63. The Bertz CT molecular complexity index is 581. The number of rotatable bonds is 8. The lowest BCUT2D eigenvalue weighted by molar-refractivity contribution is 0.116. The van der Waals surface area contributed by atoms with Crippen molar-refractivity contribution in [3.63, 3.8) is 0 Å². The van der Waals surface area contributed by atoms with Crippen LogP contribution in [0.5, 0.6) is 0 Å². The van der Waals surface area contributed by atoms with Gasteiger partial charge in [0.15, 0.2) is 0 Å². The van der Waals surface area contributed by atoms with E-state index in [1.807, 2.05) is 18.2 Å². The first kappa shape index (κ1) is 16.6. The molecule has 0 radical (unpaired) electrons. The Morgan fingerprint density at radius 3 is 2.81 bits per heavy atom. The SMILES string of the molecule is CC(C)CCOCCn1c(CCCl)nc2cccc(Cl)c21. The maximum Gasteiger partial charge on any atom is 0.111 e. The third-order valence-electron chi connectivity index (χ3n) is 3.41. The van der Waals surface area contributed by atoms with Crippen molar-refractivity contribution in [2.75, 3.05) is 19.1 Å². The molecular formula is C16H22Cl2N2O. The van der Waals surface area contributed by atoms with Crippen molar-refractivity contribution in [3.05, 3.63) is 29.0 Å². The van der Waals surface area contributed by atoms with Crippen molar-refractivity contribution in [1.82, 2.24) is 9.55 Å². The van der Waals surface area contributed by atoms with Crippen LogP contribution in [0.2, 0.25) is 5.02 Å². The average molecular weight is 329 g/mol. The molecule has 0 bridgehead atoms. The normalized spacial score (nSPS) is 11.7. The second kappa shape index (κ2) is 8.02. The highest BCUT2D eigenvalue weighted by molar-refractivity contribution is 6.35. The van der Waals surface area contributed by atoms with Crippen molar-refractivity contribution < 1.29 is 4.74 Å². The largest absolute Gasteiger partial charge is 0.380 e. The summed E-state index contributed by atoms with van der Waals surface area (Å²) < 4.78 is 7.85. The molecule has 116 valence electrons. The van der Waals surface area contributed by atoms with Crippen LogP contribution in [0.1, 0.15) is 26.1 Å². The summed E-state index contributed by atoms with van der Waals surface area (Å²) in [6, 6.07) is 5.80. The van der Waals surface area contributed by atoms with Crippen LogP contribution in [0.3, 0.4) is 0 Å². The zero-order valence-corrected chi connectivity index (χ0v) is 14.1. The Labute approximate surface area is 136 Å². The molecule has 1 aromatic carbocycles. The molecule has 0 aliphatic carbocycles. The van der Waals surface area contributed by atoms with E-state index in [2.05, 4.69) is 23.4 Å². The number of nitrogens with zero attached hydrogens (tertiary/aromatic N) is 2. The lowest BCUT2D eigenvalue weighted by Crippen LogP contribution is -2.11. The van der Waals surface area contributed by atoms with Crippen LogP contribution in [0.4, 0.5) is 0 Å². The predicted octanol–water partition coefficient (Wildman–Crippen LogP) is 4.53. The van der Waals surface area contributed by atoms with Gasteiger partial charge in [-0.25, -0.2) is 4.98 Å². The van der Waals surface area contributed by atoms with E-state index in [1.165, 1.54) is 0 Å². The number of para-hydroxylation sites is 1. The summed E-state index contributed by atoms with van der Waals surface area (Å²) in [5, 5.41) is 0.725. The van der Waals surface area contributed by atoms with Crippen LogP contribution in [0.25, 0.3) is 11.0 Å². The zero-order chi connectivity index (χ0) is 15.2. The van der Waals surface area contributed by atoms with E-state index in [4.69, 9.17) is 27.9 Å². The molecule has 0 aliphatic heterocycles. The van der Waals surface area contributed by atoms with E-state index < -0.39 is 0 Å². The van der Waals surface area contributed by atoms with Gasteiger partial charge in [0.2, 0.25) is 0 Å². The molecule has 0 saturated heterocycles. The number of hydrogen-bond acceptors (Lipinski definition) is 2. The molecule has 3 nitrogen and oxygen atoms in total. The highest BCUT2D eigenvalue weighted by Gasteiger charge is 2.12. The molecular weight excluding hydrogens is 307 g/mol. The maximum atomic E-state index is 6.32. The van der Waals surface area contributed by atoms with E-state index in [0.29, 0.717) is 18.4 Å². The van der Waals surface area contributed by atoms with Gasteiger partial charge in [0.25, 0.3) is 0 Å². The number of alkyl halides is 1. The minimum Gasteiger partial charge on any atom is -0.380 e. The average Bonchev–Trinajstić information content (AvgIpc) is 2.78. The maximum absolute atomic E-state index is 6.32. The number of halogens is 2. The van der Waals surface area contributed by atoms with Crippen LogP contribution in [-0.4, -0.2) is 28.6 Å². The summed E-state index contributed by atoms with van der Waals surface area (Å²) in [6.07, 6.45) is 1.82. The molecule has 0 amide bonds. The van der Waals surface area contributed by atoms with Gasteiger partial charge in [-0.05, 0) is 24.5 Å². The number of fused-ring (bicyclic) bond motifs is 1. The van der Waals surface area contributed by atoms with E-state index in [1.54, 1.807) is 0 Å². The van der Waals surface area contributed by atoms with Gasteiger partial charge < -0.3 is 9.30 Å². The summed E-state index contributed by atoms with van der Waals surface area (Å²) in [5.74, 6) is 2.19. The van der Waals surface area contributed by atoms with Crippen molar-refractivity contribution in [2.24, 2.45) is 5.92 Å². The van der Waals surface area contributed by atoms with Gasteiger partial charge in [0, 0.05) is 25.5 Å². The summed E-state index contributed by atoms with van der Waals surface area (Å²) in [5.41, 5.74) is 1.90. The number of aryl methyl sites for hydroxylation is 1. The third-order valence-corrected chi connectivity index (χ3v) is 3.91. The van der Waals surface area contributed by atoms with Gasteiger partial charge in [-0.2, -0.15) is 0 Å². The predicted molar refractivity (Wildman–Crippen MR) is 89.4 cm³/mol. The first-order valence-electron chi connectivity index (χ1n) is 7.40. The molecule has 2 aromatic rings. The highest BCUT2D eigenvalue weighted by Crippen LogP contribution is 2.25. The van der Waals surface area contributed by atoms with Gasteiger partial charge in [-0.15, -0.1) is 11.6 Å². The van der Waals surface area contributed by atoms with E-state index >= 15 is 0 Å². The molecule has 0 saturated carbocycles. The van der Waals surface area contributed by atoms with Crippen LogP contribution < -0.4 is 0 Å². The fraction of sp³-hybridized carbons (Fsp3) is 0.562. The van der Waals surface area contributed by atoms with Crippen LogP contribution in [0.15, 0.2) is 18.2 Å². The summed E-state index contributed by atoms with van der Waals surface area (Å²) in [6.45, 7) is 6.61. The Kier molecular flexibility index (Phi) is 6.34. The molecule has 2 rings (SSSR count). The van der Waals surface area contributed by atoms with Crippen molar-refractivity contribution in [3.8, 4) is 0 Å². The molecule has 1 heterocycles. The summed E-state index contributed by atoms with van der Waals surface area (Å²) in [7, 11) is 0. The Hall–Kier alpha value is -0.770. The Morgan fingerprint density at radius 2 is 2.10 bits per heavy atom. The smallest absolute Gasteiger partial charge is 0.111 e. The van der Waals surface area contributed by atoms with Crippen molar-refractivity contribution >= 4 is 34.2 Å². The zero-order valence-electron chi connectivity index (χ0n) is 12.6. The highest BCUT2D eigenvalue weighted by atomic mass is 35.5. The number of imidazole rings is 1. The van der Waals surface area contributed by atoms with Crippen LogP contribution in [0, 0.1) is 5.92 Å². The number of hydrogen-bond donors (Lipinski definition) is 0. The molecule has 0 N–H and O–H groups in total. The first-order valence-corrected chi connectivity index (χ1v) is 8.32. The minimum absolute atomic E-state index is 0.551. The number of ether oxygens (including phenoxy) is 1. The molecule has 0 spiro atoms. The topological polar surface area (TPSA) is 27.1 Å². The second-order valence-corrected chi connectivity index (χ2v) is 6.31. The number of aromatic nitrogens is 2. The lowest BCUT2D eigenvalue weighted by Gasteiger charge is -2.11. The van der Waals surface area contributed by atoms with Crippen molar-refractivity contribution in [1.29, 1.82) is 0 Å². The Balaban J connectivity index is 2.10. The minimum atomic E-state index is 0.551. The van der Waals surface area contributed by atoms with Gasteiger partial charge in [0.05, 0.1) is 22.7 Å². The molecule has 21 heavy (non-hydrogen) atoms. The molecule has 5 heteroatoms. The molecule has 0 unspecified atom stereocenters. The molecule has 1 aromatic heterocycles. The van der Waals surface area contributed by atoms with E-state index in [9.17, 15) is 0 Å². The first-order chi connectivity index (χ1) is 10.1. The van der Waals surface area contributed by atoms with Gasteiger partial charge in [-0.3, -0.25) is 0 Å². The molecule has 0 fully saturated rings. The van der Waals surface area contributed by atoms with E-state index in [0.717, 1.165) is 47.9 Å². The fourth-order valence-electron chi connectivity index (χ4n) is 2.28. The molecule has 0 atom stereocenters. The third kappa shape index (κ3) is 4.35. The van der Waals surface area contributed by atoms with E-state index in [-0.39, 0.29) is 0 Å². The summed E-state index contributed by atoms with van der Waals surface area (Å²) >= 11 is 12.2. The fourth-order valence-corrected chi connectivity index (χ4v) is 2.72. The van der Waals surface area contributed by atoms with Gasteiger partial charge >= 0.3 is 0 Å². The van der Waals surface area contributed by atoms with Crippen molar-refractivity contribution in [2.45, 2.75) is 33.2 Å². The standard InChI is InChI=1S/C16H22Cl2N2O/c1-12(2)7-10-21-11-9-20-15(6-8-17)19-14-5-3-4-13(18)16(14)20/h3-5,12H,6-11H2,1-2H3. The van der Waals surface area contributed by atoms with Crippen LogP contribution >= 0.6 is 23.2 Å². The monoisotopic (exact) mass is 328 g/mol. The van der Waals surface area contributed by atoms with Gasteiger partial charge in [0.1, 0.15) is 5.82 Å². The van der Waals surface area contributed by atoms with Gasteiger partial charge in [-0.1, -0.05) is 31.5 Å². The number of benzene rings is 1. The lowest BCUT2D eigenvalue weighted by atomic mass is 10.1. The van der Waals surface area contributed by atoms with Crippen LogP contribution in [-0.2, 0) is 17.7 Å². The quantitative estimate of drug-likeness (QED) is 0.525. The molecule has 0 aliphatic rings.